The fourth-order valence-corrected chi connectivity index (χ4v) is 7.04. The van der Waals surface area contributed by atoms with Crippen molar-refractivity contribution < 1.29 is 14.7 Å². The quantitative estimate of drug-likeness (QED) is 0.616. The molecule has 7 nitrogen and oxygen atoms in total. The number of β-amino-alcohol motifs (C(OH)–C–C–N with tert-alkyl or cyclic N) is 1. The van der Waals surface area contributed by atoms with E-state index in [9.17, 15) is 14.7 Å². The van der Waals surface area contributed by atoms with E-state index in [0.717, 1.165) is 69.5 Å². The van der Waals surface area contributed by atoms with E-state index in [-0.39, 0.29) is 17.2 Å². The molecule has 1 saturated heterocycles. The van der Waals surface area contributed by atoms with Crippen LogP contribution in [0.5, 0.6) is 0 Å². The maximum Gasteiger partial charge on any atom is 0.254 e. The Hall–Kier alpha value is -2.90. The normalized spacial score (nSPS) is 22.0. The van der Waals surface area contributed by atoms with Gasteiger partial charge < -0.3 is 20.2 Å². The number of hydrogen-bond acceptors (Lipinski definition) is 5. The highest BCUT2D eigenvalue weighted by atomic mass is 16.3. The smallest absolute Gasteiger partial charge is 0.254 e. The molecule has 7 heteroatoms. The predicted molar refractivity (Wildman–Crippen MR) is 148 cm³/mol. The van der Waals surface area contributed by atoms with Crippen molar-refractivity contribution >= 4 is 17.5 Å². The molecule has 3 heterocycles. The zero-order valence-corrected chi connectivity index (χ0v) is 22.5. The third-order valence-corrected chi connectivity index (χ3v) is 9.33. The standard InChI is InChI=1S/C31H40N4O3/c1-22(36)34-15-10-25(11-16-34)32-26-7-8-29-28(17-26)30(38)35(21-31(29)12-4-13-31)20-27(37)19-33-14-9-23-5-2-3-6-24(23)18-33/h2-3,5-8,17,25,27,32,37H,4,9-16,18-21H2,1H3. The second kappa shape index (κ2) is 10.3. The molecule has 6 rings (SSSR count). The number of fused-ring (bicyclic) bond motifs is 3. The number of aliphatic hydroxyl groups is 1. The number of aliphatic hydroxyl groups excluding tert-OH is 1. The summed E-state index contributed by atoms with van der Waals surface area (Å²) < 4.78 is 0. The van der Waals surface area contributed by atoms with E-state index in [1.165, 1.54) is 23.1 Å². The Kier molecular flexibility index (Phi) is 6.91. The lowest BCUT2D eigenvalue weighted by molar-refractivity contribution is -0.129. The number of carbonyl (C=O) groups excluding carboxylic acids is 2. The molecule has 0 bridgehead atoms. The first-order valence-corrected chi connectivity index (χ1v) is 14.3. The summed E-state index contributed by atoms with van der Waals surface area (Å²) in [4.78, 5) is 31.5. The van der Waals surface area contributed by atoms with Gasteiger partial charge in [-0.25, -0.2) is 0 Å². The number of hydrogen-bond donors (Lipinski definition) is 2. The average Bonchev–Trinajstić information content (AvgIpc) is 2.89. The van der Waals surface area contributed by atoms with Crippen LogP contribution in [-0.4, -0.2) is 83.0 Å². The largest absolute Gasteiger partial charge is 0.390 e. The van der Waals surface area contributed by atoms with Crippen LogP contribution in [0.25, 0.3) is 0 Å². The number of anilines is 1. The lowest BCUT2D eigenvalue weighted by Gasteiger charge is -2.50. The van der Waals surface area contributed by atoms with Gasteiger partial charge >= 0.3 is 0 Å². The zero-order chi connectivity index (χ0) is 26.3. The SMILES string of the molecule is CC(=O)N1CCC(Nc2ccc3c(c2)C(=O)N(CC(O)CN2CCc4ccccc4C2)CC32CCC2)CC1. The summed E-state index contributed by atoms with van der Waals surface area (Å²) in [5.41, 5.74) is 5.72. The highest BCUT2D eigenvalue weighted by Crippen LogP contribution is 2.48. The maximum absolute atomic E-state index is 13.7. The van der Waals surface area contributed by atoms with Crippen LogP contribution < -0.4 is 5.32 Å². The Morgan fingerprint density at radius 3 is 2.55 bits per heavy atom. The van der Waals surface area contributed by atoms with Crippen molar-refractivity contribution in [1.82, 2.24) is 14.7 Å². The van der Waals surface area contributed by atoms with Crippen LogP contribution in [0.4, 0.5) is 5.69 Å². The number of piperidine rings is 1. The summed E-state index contributed by atoms with van der Waals surface area (Å²) in [5, 5.41) is 14.7. The molecule has 3 aliphatic heterocycles. The number of benzene rings is 2. The molecule has 4 aliphatic rings. The Labute approximate surface area is 225 Å². The minimum Gasteiger partial charge on any atom is -0.390 e. The van der Waals surface area contributed by atoms with Crippen LogP contribution in [0, 0.1) is 0 Å². The van der Waals surface area contributed by atoms with Crippen molar-refractivity contribution in [3.05, 3.63) is 64.7 Å². The summed E-state index contributed by atoms with van der Waals surface area (Å²) >= 11 is 0. The Morgan fingerprint density at radius 2 is 1.84 bits per heavy atom. The van der Waals surface area contributed by atoms with E-state index >= 15 is 0 Å². The predicted octanol–water partition coefficient (Wildman–Crippen LogP) is 3.41. The minimum absolute atomic E-state index is 0.0262. The fourth-order valence-electron chi connectivity index (χ4n) is 7.04. The van der Waals surface area contributed by atoms with Gasteiger partial charge in [-0.1, -0.05) is 36.8 Å². The van der Waals surface area contributed by atoms with Gasteiger partial charge in [0.05, 0.1) is 6.10 Å². The molecule has 2 aromatic rings. The molecule has 1 spiro atoms. The third kappa shape index (κ3) is 4.94. The van der Waals surface area contributed by atoms with Crippen LogP contribution in [-0.2, 0) is 23.2 Å². The van der Waals surface area contributed by atoms with Gasteiger partial charge in [-0.05, 0) is 60.9 Å². The molecule has 2 aromatic carbocycles. The Balaban J connectivity index is 1.13. The number of nitrogens with zero attached hydrogens (tertiary/aromatic N) is 3. The van der Waals surface area contributed by atoms with Crippen LogP contribution in [0.1, 0.15) is 66.1 Å². The monoisotopic (exact) mass is 516 g/mol. The molecule has 0 radical (unpaired) electrons. The number of carbonyl (C=O) groups is 2. The molecule has 1 saturated carbocycles. The second-order valence-corrected chi connectivity index (χ2v) is 11.9. The molecule has 1 aliphatic carbocycles. The van der Waals surface area contributed by atoms with Crippen molar-refractivity contribution in [3.63, 3.8) is 0 Å². The van der Waals surface area contributed by atoms with E-state index in [1.54, 1.807) is 6.92 Å². The number of rotatable bonds is 6. The maximum atomic E-state index is 13.7. The summed E-state index contributed by atoms with van der Waals surface area (Å²) in [6, 6.07) is 15.2. The number of nitrogens with one attached hydrogen (secondary N) is 1. The van der Waals surface area contributed by atoms with Crippen molar-refractivity contribution in [2.24, 2.45) is 0 Å². The molecule has 38 heavy (non-hydrogen) atoms. The molecule has 202 valence electrons. The van der Waals surface area contributed by atoms with Crippen LogP contribution in [0.15, 0.2) is 42.5 Å². The van der Waals surface area contributed by atoms with E-state index in [4.69, 9.17) is 0 Å². The van der Waals surface area contributed by atoms with Gasteiger partial charge in [0.2, 0.25) is 5.91 Å². The number of likely N-dealkylation sites (tertiary alicyclic amines) is 1. The van der Waals surface area contributed by atoms with E-state index in [2.05, 4.69) is 46.6 Å². The number of amides is 2. The fraction of sp³-hybridized carbons (Fsp3) is 0.548. The van der Waals surface area contributed by atoms with Gasteiger partial charge in [-0.2, -0.15) is 0 Å². The lowest BCUT2D eigenvalue weighted by Crippen LogP contribution is -2.55. The average molecular weight is 517 g/mol. The van der Waals surface area contributed by atoms with Crippen LogP contribution >= 0.6 is 0 Å². The molecule has 2 N–H and O–H groups in total. The Morgan fingerprint density at radius 1 is 1.08 bits per heavy atom. The van der Waals surface area contributed by atoms with E-state index < -0.39 is 6.10 Å². The van der Waals surface area contributed by atoms with Gasteiger partial charge in [0.15, 0.2) is 0 Å². The first-order chi connectivity index (χ1) is 18.4. The van der Waals surface area contributed by atoms with Gasteiger partial charge in [0, 0.05) is 75.4 Å². The van der Waals surface area contributed by atoms with Crippen molar-refractivity contribution in [1.29, 1.82) is 0 Å². The van der Waals surface area contributed by atoms with Crippen molar-refractivity contribution in [2.45, 2.75) is 69.6 Å². The molecule has 0 aromatic heterocycles. The van der Waals surface area contributed by atoms with E-state index in [0.29, 0.717) is 25.7 Å². The lowest BCUT2D eigenvalue weighted by atomic mass is 9.61. The first-order valence-electron chi connectivity index (χ1n) is 14.3. The molecule has 2 fully saturated rings. The zero-order valence-electron chi connectivity index (χ0n) is 22.5. The second-order valence-electron chi connectivity index (χ2n) is 11.9. The third-order valence-electron chi connectivity index (χ3n) is 9.33. The molecule has 1 atom stereocenters. The van der Waals surface area contributed by atoms with Gasteiger partial charge in [-0.15, -0.1) is 0 Å². The summed E-state index contributed by atoms with van der Waals surface area (Å²) in [6.45, 7) is 6.63. The molecule has 1 unspecified atom stereocenters. The first kappa shape index (κ1) is 25.4. The molecular weight excluding hydrogens is 476 g/mol. The summed E-state index contributed by atoms with van der Waals surface area (Å²) in [5.74, 6) is 0.177. The molecular formula is C31H40N4O3. The van der Waals surface area contributed by atoms with Gasteiger partial charge in [0.1, 0.15) is 0 Å². The van der Waals surface area contributed by atoms with Crippen LogP contribution in [0.3, 0.4) is 0 Å². The van der Waals surface area contributed by atoms with Crippen LogP contribution in [0.2, 0.25) is 0 Å². The van der Waals surface area contributed by atoms with Crippen molar-refractivity contribution in [3.8, 4) is 0 Å². The van der Waals surface area contributed by atoms with Gasteiger partial charge in [-0.3, -0.25) is 14.5 Å². The highest BCUT2D eigenvalue weighted by molar-refractivity contribution is 5.98. The summed E-state index contributed by atoms with van der Waals surface area (Å²) in [7, 11) is 0. The van der Waals surface area contributed by atoms with E-state index in [1.807, 2.05) is 15.9 Å². The highest BCUT2D eigenvalue weighted by Gasteiger charge is 2.47. The Bertz CT molecular complexity index is 1200. The summed E-state index contributed by atoms with van der Waals surface area (Å²) in [6.07, 6.45) is 5.63. The minimum atomic E-state index is -0.573. The van der Waals surface area contributed by atoms with Gasteiger partial charge in [0.25, 0.3) is 5.91 Å². The van der Waals surface area contributed by atoms with Crippen molar-refractivity contribution in [2.75, 3.05) is 44.6 Å². The molecule has 2 amide bonds. The topological polar surface area (TPSA) is 76.1 Å².